The van der Waals surface area contributed by atoms with Crippen molar-refractivity contribution in [2.75, 3.05) is 12.4 Å². The molecule has 0 bridgehead atoms. The van der Waals surface area contributed by atoms with Gasteiger partial charge in [-0.05, 0) is 26.7 Å². The number of unbranched alkanes of at least 4 members (excludes halogenated alkanes) is 1. The topological polar surface area (TPSA) is 113 Å². The highest BCUT2D eigenvalue weighted by Crippen LogP contribution is 2.30. The summed E-state index contributed by atoms with van der Waals surface area (Å²) >= 11 is 1.37. The summed E-state index contributed by atoms with van der Waals surface area (Å²) in [7, 11) is 0. The van der Waals surface area contributed by atoms with Gasteiger partial charge < -0.3 is 19.7 Å². The fourth-order valence-corrected chi connectivity index (χ4v) is 3.92. The van der Waals surface area contributed by atoms with Gasteiger partial charge in [0.25, 0.3) is 0 Å². The van der Waals surface area contributed by atoms with Gasteiger partial charge in [0.15, 0.2) is 0 Å². The predicted octanol–water partition coefficient (Wildman–Crippen LogP) is 3.53. The number of rotatable bonds is 10. The Bertz CT molecular complexity index is 836. The summed E-state index contributed by atoms with van der Waals surface area (Å²) < 4.78 is 11.0. The first-order chi connectivity index (χ1) is 13.8. The van der Waals surface area contributed by atoms with Crippen molar-refractivity contribution in [2.45, 2.75) is 65.0 Å². The summed E-state index contributed by atoms with van der Waals surface area (Å²) in [4.78, 5) is 29.4. The highest BCUT2D eigenvalue weighted by atomic mass is 32.2. The highest BCUT2D eigenvalue weighted by molar-refractivity contribution is 8.16. The predicted molar refractivity (Wildman–Crippen MR) is 114 cm³/mol. The van der Waals surface area contributed by atoms with Gasteiger partial charge in [-0.3, -0.25) is 9.79 Å². The molecule has 8 nitrogen and oxygen atoms in total. The average molecular weight is 424 g/mol. The Kier molecular flexibility index (Phi) is 8.31. The first-order valence-electron chi connectivity index (χ1n) is 9.83. The maximum absolute atomic E-state index is 13.0. The van der Waals surface area contributed by atoms with Gasteiger partial charge in [-0.15, -0.1) is 11.8 Å². The molecule has 2 atom stereocenters. The van der Waals surface area contributed by atoms with Gasteiger partial charge in [0.1, 0.15) is 27.8 Å². The first-order valence-corrected chi connectivity index (χ1v) is 10.8. The largest absolute Gasteiger partial charge is 0.493 e. The van der Waals surface area contributed by atoms with Gasteiger partial charge in [0, 0.05) is 11.8 Å². The van der Waals surface area contributed by atoms with Gasteiger partial charge in [0.2, 0.25) is 5.91 Å². The normalized spacial score (nSPS) is 20.3. The van der Waals surface area contributed by atoms with Crippen molar-refractivity contribution in [3.8, 4) is 5.75 Å². The molecule has 1 aliphatic heterocycles. The van der Waals surface area contributed by atoms with Crippen molar-refractivity contribution < 1.29 is 19.2 Å². The molecule has 0 spiro atoms. The molecule has 1 aliphatic rings. The molecule has 2 rings (SSSR count). The lowest BCUT2D eigenvalue weighted by Crippen LogP contribution is -2.45. The number of carbonyl (C=O) groups excluding carboxylic acids is 1. The lowest BCUT2D eigenvalue weighted by atomic mass is 10.0. The van der Waals surface area contributed by atoms with Gasteiger partial charge >= 0.3 is 5.63 Å². The van der Waals surface area contributed by atoms with Crippen LogP contribution in [0, 0.1) is 0 Å². The first kappa shape index (κ1) is 23.0. The van der Waals surface area contributed by atoms with Crippen LogP contribution in [0.25, 0.3) is 0 Å². The fourth-order valence-electron chi connectivity index (χ4n) is 2.79. The third-order valence-corrected chi connectivity index (χ3v) is 5.91. The van der Waals surface area contributed by atoms with Crippen molar-refractivity contribution in [1.29, 1.82) is 0 Å². The zero-order valence-electron chi connectivity index (χ0n) is 17.4. The molecular formula is C20H29N3O5S. The van der Waals surface area contributed by atoms with Crippen molar-refractivity contribution in [3.05, 3.63) is 28.3 Å². The molecule has 0 radical (unpaired) electrons. The van der Waals surface area contributed by atoms with Crippen LogP contribution in [0.4, 0.5) is 0 Å². The van der Waals surface area contributed by atoms with Crippen LogP contribution in [0.3, 0.4) is 0 Å². The van der Waals surface area contributed by atoms with Crippen LogP contribution < -0.4 is 15.7 Å². The number of thioether (sulfide) groups is 1. The standard InChI is InChI=1S/C20H29N3O5S/c1-5-7-9-27-14-10-16(28-17(24)11-14)15(8-6-2)21-19(25)20(4)12-29-18(22-20)13(3)23-26/h10-11,15,26H,5-9,12H2,1-4H3,(H,21,25)/b23-13-/t15-,20+/m1/s1. The molecule has 0 fully saturated rings. The van der Waals surface area contributed by atoms with Gasteiger partial charge in [-0.25, -0.2) is 4.79 Å². The maximum Gasteiger partial charge on any atom is 0.339 e. The Hall–Kier alpha value is -2.29. The minimum atomic E-state index is -0.993. The molecule has 0 aliphatic carbocycles. The molecule has 9 heteroatoms. The Morgan fingerprint density at radius 1 is 1.45 bits per heavy atom. The second-order valence-electron chi connectivity index (χ2n) is 7.20. The van der Waals surface area contributed by atoms with E-state index in [2.05, 4.69) is 22.4 Å². The number of nitrogens with one attached hydrogen (secondary N) is 1. The second-order valence-corrected chi connectivity index (χ2v) is 8.16. The smallest absolute Gasteiger partial charge is 0.339 e. The van der Waals surface area contributed by atoms with Crippen LogP contribution in [0.2, 0.25) is 0 Å². The van der Waals surface area contributed by atoms with Crippen molar-refractivity contribution in [2.24, 2.45) is 10.1 Å². The van der Waals surface area contributed by atoms with Crippen LogP contribution in [-0.4, -0.2) is 39.8 Å². The molecule has 2 N–H and O–H groups in total. The second kappa shape index (κ2) is 10.5. The van der Waals surface area contributed by atoms with E-state index in [-0.39, 0.29) is 5.91 Å². The third-order valence-electron chi connectivity index (χ3n) is 4.54. The van der Waals surface area contributed by atoms with Crippen LogP contribution in [-0.2, 0) is 4.79 Å². The summed E-state index contributed by atoms with van der Waals surface area (Å²) in [5.74, 6) is 0.969. The number of carbonyl (C=O) groups is 1. The Balaban J connectivity index is 2.21. The molecule has 0 saturated heterocycles. The summed E-state index contributed by atoms with van der Waals surface area (Å²) in [6, 6.07) is 2.51. The van der Waals surface area contributed by atoms with E-state index in [1.54, 1.807) is 19.9 Å². The summed E-state index contributed by atoms with van der Waals surface area (Å²) in [6.07, 6.45) is 3.26. The van der Waals surface area contributed by atoms with Gasteiger partial charge in [0.05, 0.1) is 18.7 Å². The van der Waals surface area contributed by atoms with Gasteiger partial charge in [-0.1, -0.05) is 31.8 Å². The lowest BCUT2D eigenvalue weighted by molar-refractivity contribution is -0.125. The molecule has 0 unspecified atom stereocenters. The zero-order valence-corrected chi connectivity index (χ0v) is 18.2. The molecule has 0 saturated carbocycles. The van der Waals surface area contributed by atoms with Crippen LogP contribution in [0.15, 0.2) is 31.5 Å². The van der Waals surface area contributed by atoms with Crippen LogP contribution >= 0.6 is 11.8 Å². The minimum Gasteiger partial charge on any atom is -0.493 e. The molecule has 160 valence electrons. The van der Waals surface area contributed by atoms with Crippen molar-refractivity contribution >= 4 is 28.4 Å². The fraction of sp³-hybridized carbons (Fsp3) is 0.600. The number of nitrogens with zero attached hydrogens (tertiary/aromatic N) is 2. The average Bonchev–Trinajstić information content (AvgIpc) is 3.10. The quantitative estimate of drug-likeness (QED) is 0.258. The summed E-state index contributed by atoms with van der Waals surface area (Å²) in [5, 5.41) is 15.6. The maximum atomic E-state index is 13.0. The van der Waals surface area contributed by atoms with E-state index in [1.807, 2.05) is 6.92 Å². The molecule has 1 amide bonds. The van der Waals surface area contributed by atoms with Crippen LogP contribution in [0.1, 0.15) is 65.2 Å². The Morgan fingerprint density at radius 3 is 2.86 bits per heavy atom. The molecule has 0 aromatic carbocycles. The van der Waals surface area contributed by atoms with E-state index < -0.39 is 17.2 Å². The summed E-state index contributed by atoms with van der Waals surface area (Å²) in [6.45, 7) is 7.93. The van der Waals surface area contributed by atoms with Crippen molar-refractivity contribution in [1.82, 2.24) is 5.32 Å². The molecule has 29 heavy (non-hydrogen) atoms. The minimum absolute atomic E-state index is 0.274. The lowest BCUT2D eigenvalue weighted by Gasteiger charge is -2.24. The molecule has 1 aromatic heterocycles. The van der Waals surface area contributed by atoms with E-state index in [4.69, 9.17) is 14.4 Å². The van der Waals surface area contributed by atoms with Crippen LogP contribution in [0.5, 0.6) is 5.75 Å². The number of ether oxygens (including phenoxy) is 1. The van der Waals surface area contributed by atoms with Crippen molar-refractivity contribution in [3.63, 3.8) is 0 Å². The van der Waals surface area contributed by atoms with E-state index in [9.17, 15) is 9.59 Å². The molecular weight excluding hydrogens is 394 g/mol. The number of oxime groups is 1. The number of hydrogen-bond acceptors (Lipinski definition) is 8. The summed E-state index contributed by atoms with van der Waals surface area (Å²) in [5.41, 5.74) is -1.13. The Morgan fingerprint density at radius 2 is 2.21 bits per heavy atom. The van der Waals surface area contributed by atoms with E-state index in [0.717, 1.165) is 19.3 Å². The molecule has 2 heterocycles. The van der Waals surface area contributed by atoms with E-state index in [1.165, 1.54) is 17.8 Å². The van der Waals surface area contributed by atoms with E-state index in [0.29, 0.717) is 41.0 Å². The van der Waals surface area contributed by atoms with E-state index >= 15 is 0 Å². The highest BCUT2D eigenvalue weighted by Gasteiger charge is 2.40. The SMILES string of the molecule is CCCCOc1cc([C@@H](CCC)NC(=O)[C@]2(C)CSC(/C(C)=N\O)=N2)oc(=O)c1. The molecule has 1 aromatic rings. The number of hydrogen-bond donors (Lipinski definition) is 2. The monoisotopic (exact) mass is 423 g/mol. The third kappa shape index (κ3) is 6.09. The Labute approximate surface area is 174 Å². The zero-order chi connectivity index (χ0) is 21.4. The van der Waals surface area contributed by atoms with Gasteiger partial charge in [-0.2, -0.15) is 0 Å². The number of amides is 1. The number of aliphatic imine (C=N–C) groups is 1.